The largest absolute Gasteiger partial charge is 0.477 e. The lowest BCUT2D eigenvalue weighted by Crippen LogP contribution is -2.35. The van der Waals surface area contributed by atoms with E-state index in [0.29, 0.717) is 30.4 Å². The van der Waals surface area contributed by atoms with Crippen LogP contribution in [0.1, 0.15) is 52.7 Å². The van der Waals surface area contributed by atoms with E-state index in [4.69, 9.17) is 4.74 Å². The molecule has 0 aliphatic heterocycles. The third-order valence-corrected chi connectivity index (χ3v) is 3.21. The van der Waals surface area contributed by atoms with Gasteiger partial charge in [0.2, 0.25) is 5.88 Å². The quantitative estimate of drug-likeness (QED) is 0.785. The molecule has 0 aliphatic rings. The van der Waals surface area contributed by atoms with Gasteiger partial charge in [0.1, 0.15) is 0 Å². The van der Waals surface area contributed by atoms with Crippen molar-refractivity contribution in [3.63, 3.8) is 0 Å². The first-order chi connectivity index (χ1) is 9.10. The molecule has 0 amide bonds. The maximum Gasteiger partial charge on any atom is 0.232 e. The van der Waals surface area contributed by atoms with E-state index < -0.39 is 0 Å². The average Bonchev–Trinajstić information content (AvgIpc) is 2.37. The molecular weight excluding hydrogens is 238 g/mol. The summed E-state index contributed by atoms with van der Waals surface area (Å²) in [6.45, 7) is 12.5. The molecule has 4 heteroatoms. The summed E-state index contributed by atoms with van der Waals surface area (Å²) in [5.41, 5.74) is 1.01. The van der Waals surface area contributed by atoms with E-state index in [9.17, 15) is 0 Å². The Morgan fingerprint density at radius 1 is 1.21 bits per heavy atom. The monoisotopic (exact) mass is 265 g/mol. The molecule has 0 radical (unpaired) electrons. The molecule has 0 aromatic carbocycles. The topological polar surface area (TPSA) is 47.0 Å². The van der Waals surface area contributed by atoms with Gasteiger partial charge in [-0.2, -0.15) is 0 Å². The van der Waals surface area contributed by atoms with Gasteiger partial charge in [-0.05, 0) is 25.8 Å². The van der Waals surface area contributed by atoms with Crippen molar-refractivity contribution in [1.82, 2.24) is 15.3 Å². The molecule has 19 heavy (non-hydrogen) atoms. The average molecular weight is 265 g/mol. The second kappa shape index (κ2) is 8.10. The molecule has 0 aliphatic carbocycles. The van der Waals surface area contributed by atoms with Crippen LogP contribution in [0.3, 0.4) is 0 Å². The van der Waals surface area contributed by atoms with Crippen molar-refractivity contribution in [2.75, 3.05) is 13.2 Å². The van der Waals surface area contributed by atoms with Gasteiger partial charge in [0.15, 0.2) is 0 Å². The van der Waals surface area contributed by atoms with Crippen molar-refractivity contribution in [2.45, 2.75) is 53.0 Å². The van der Waals surface area contributed by atoms with Gasteiger partial charge in [-0.25, -0.2) is 4.98 Å². The smallest absolute Gasteiger partial charge is 0.232 e. The second-order valence-corrected chi connectivity index (χ2v) is 5.25. The summed E-state index contributed by atoms with van der Waals surface area (Å²) in [5, 5.41) is 3.48. The van der Waals surface area contributed by atoms with Crippen molar-refractivity contribution in [3.8, 4) is 5.88 Å². The first kappa shape index (κ1) is 15.9. The van der Waals surface area contributed by atoms with Gasteiger partial charge in [-0.3, -0.25) is 4.98 Å². The number of aromatic nitrogens is 2. The number of nitrogens with one attached hydrogen (secondary N) is 1. The fourth-order valence-electron chi connectivity index (χ4n) is 2.42. The lowest BCUT2D eigenvalue weighted by molar-refractivity contribution is 0.298. The van der Waals surface area contributed by atoms with Crippen LogP contribution in [0.4, 0.5) is 0 Å². The lowest BCUT2D eigenvalue weighted by Gasteiger charge is -2.27. The minimum absolute atomic E-state index is 0.345. The highest BCUT2D eigenvalue weighted by atomic mass is 16.5. The van der Waals surface area contributed by atoms with Crippen molar-refractivity contribution in [1.29, 1.82) is 0 Å². The van der Waals surface area contributed by atoms with Crippen molar-refractivity contribution >= 4 is 0 Å². The maximum atomic E-state index is 5.57. The SMILES string of the molecule is CCCOc1cncc(C(C(C)C)C(C)NCC)n1. The third-order valence-electron chi connectivity index (χ3n) is 3.21. The van der Waals surface area contributed by atoms with Crippen molar-refractivity contribution in [3.05, 3.63) is 18.1 Å². The summed E-state index contributed by atoms with van der Waals surface area (Å²) in [4.78, 5) is 8.88. The molecule has 1 heterocycles. The van der Waals surface area contributed by atoms with Gasteiger partial charge in [-0.15, -0.1) is 0 Å². The maximum absolute atomic E-state index is 5.57. The molecular formula is C15H27N3O. The molecule has 0 fully saturated rings. The van der Waals surface area contributed by atoms with Gasteiger partial charge in [0, 0.05) is 18.2 Å². The molecule has 2 unspecified atom stereocenters. The Kier molecular flexibility index (Phi) is 6.78. The summed E-state index contributed by atoms with van der Waals surface area (Å²) in [6.07, 6.45) is 4.53. The van der Waals surface area contributed by atoms with Crippen LogP contribution in [0.2, 0.25) is 0 Å². The van der Waals surface area contributed by atoms with Crippen molar-refractivity contribution < 1.29 is 4.74 Å². The van der Waals surface area contributed by atoms with Crippen LogP contribution < -0.4 is 10.1 Å². The highest BCUT2D eigenvalue weighted by Crippen LogP contribution is 2.27. The summed E-state index contributed by atoms with van der Waals surface area (Å²) in [7, 11) is 0. The Bertz CT molecular complexity index is 368. The Morgan fingerprint density at radius 3 is 2.53 bits per heavy atom. The normalized spacial score (nSPS) is 14.4. The van der Waals surface area contributed by atoms with E-state index in [1.165, 1.54) is 0 Å². The molecule has 0 spiro atoms. The number of hydrogen-bond donors (Lipinski definition) is 1. The van der Waals surface area contributed by atoms with E-state index in [0.717, 1.165) is 18.7 Å². The minimum atomic E-state index is 0.345. The van der Waals surface area contributed by atoms with E-state index in [-0.39, 0.29) is 0 Å². The van der Waals surface area contributed by atoms with Crippen LogP contribution in [0.25, 0.3) is 0 Å². The minimum Gasteiger partial charge on any atom is -0.477 e. The highest BCUT2D eigenvalue weighted by molar-refractivity contribution is 5.14. The molecule has 0 saturated heterocycles. The van der Waals surface area contributed by atoms with Crippen LogP contribution >= 0.6 is 0 Å². The summed E-state index contributed by atoms with van der Waals surface area (Å²) in [5.74, 6) is 1.48. The molecule has 2 atom stereocenters. The number of nitrogens with zero attached hydrogens (tertiary/aromatic N) is 2. The zero-order valence-electron chi connectivity index (χ0n) is 12.8. The fourth-order valence-corrected chi connectivity index (χ4v) is 2.42. The van der Waals surface area contributed by atoms with Gasteiger partial charge in [-0.1, -0.05) is 27.7 Å². The van der Waals surface area contributed by atoms with E-state index in [1.807, 2.05) is 6.20 Å². The number of hydrogen-bond acceptors (Lipinski definition) is 4. The standard InChI is InChI=1S/C15H27N3O/c1-6-8-19-14-10-16-9-13(18-14)15(11(3)4)12(5)17-7-2/h9-12,15,17H,6-8H2,1-5H3. The number of rotatable bonds is 8. The molecule has 108 valence electrons. The second-order valence-electron chi connectivity index (χ2n) is 5.25. The molecule has 1 rings (SSSR count). The Morgan fingerprint density at radius 2 is 1.95 bits per heavy atom. The first-order valence-electron chi connectivity index (χ1n) is 7.28. The third kappa shape index (κ3) is 4.78. The van der Waals surface area contributed by atoms with Gasteiger partial charge < -0.3 is 10.1 Å². The number of ether oxygens (including phenoxy) is 1. The molecule has 0 bridgehead atoms. The highest BCUT2D eigenvalue weighted by Gasteiger charge is 2.24. The summed E-state index contributed by atoms with van der Waals surface area (Å²) < 4.78 is 5.57. The molecule has 1 N–H and O–H groups in total. The molecule has 1 aromatic rings. The Balaban J connectivity index is 2.89. The van der Waals surface area contributed by atoms with Crippen LogP contribution in [-0.2, 0) is 0 Å². The van der Waals surface area contributed by atoms with E-state index >= 15 is 0 Å². The predicted molar refractivity (Wildman–Crippen MR) is 78.5 cm³/mol. The van der Waals surface area contributed by atoms with E-state index in [1.54, 1.807) is 6.20 Å². The zero-order chi connectivity index (χ0) is 14.3. The van der Waals surface area contributed by atoms with Gasteiger partial charge in [0.25, 0.3) is 0 Å². The molecule has 0 saturated carbocycles. The summed E-state index contributed by atoms with van der Waals surface area (Å²) in [6, 6.07) is 0.376. The fraction of sp³-hybridized carbons (Fsp3) is 0.733. The van der Waals surface area contributed by atoms with Gasteiger partial charge >= 0.3 is 0 Å². The molecule has 4 nitrogen and oxygen atoms in total. The van der Waals surface area contributed by atoms with Crippen molar-refractivity contribution in [2.24, 2.45) is 5.92 Å². The zero-order valence-corrected chi connectivity index (χ0v) is 12.8. The molecule has 1 aromatic heterocycles. The lowest BCUT2D eigenvalue weighted by atomic mass is 9.86. The van der Waals surface area contributed by atoms with Crippen LogP contribution in [0.15, 0.2) is 12.4 Å². The van der Waals surface area contributed by atoms with E-state index in [2.05, 4.69) is 49.9 Å². The predicted octanol–water partition coefficient (Wildman–Crippen LogP) is 3.00. The number of likely N-dealkylation sites (N-methyl/N-ethyl adjacent to an activating group) is 1. The summed E-state index contributed by atoms with van der Waals surface area (Å²) >= 11 is 0. The first-order valence-corrected chi connectivity index (χ1v) is 7.28. The van der Waals surface area contributed by atoms with Crippen LogP contribution in [0, 0.1) is 5.92 Å². The van der Waals surface area contributed by atoms with Gasteiger partial charge in [0.05, 0.1) is 18.5 Å². The van der Waals surface area contributed by atoms with Crippen LogP contribution in [0.5, 0.6) is 5.88 Å². The Labute approximate surface area is 117 Å². The van der Waals surface area contributed by atoms with Crippen LogP contribution in [-0.4, -0.2) is 29.2 Å². The Hall–Kier alpha value is -1.16.